The number of hydrazone groups is 1. The second-order valence-electron chi connectivity index (χ2n) is 4.64. The van der Waals surface area contributed by atoms with Crippen LogP contribution in [0.4, 0.5) is 13.2 Å². The Hall–Kier alpha value is -2.81. The van der Waals surface area contributed by atoms with E-state index in [0.717, 1.165) is 17.7 Å². The highest BCUT2D eigenvalue weighted by Crippen LogP contribution is 2.29. The van der Waals surface area contributed by atoms with Crippen LogP contribution in [0.25, 0.3) is 0 Å². The number of hydrogen-bond donors (Lipinski definition) is 1. The summed E-state index contributed by atoms with van der Waals surface area (Å²) in [5.41, 5.74) is 1.23. The van der Waals surface area contributed by atoms with Crippen molar-refractivity contribution in [3.63, 3.8) is 0 Å². The predicted octanol–water partition coefficient (Wildman–Crippen LogP) is 3.48. The van der Waals surface area contributed by atoms with Gasteiger partial charge in [0, 0.05) is 6.42 Å². The zero-order chi connectivity index (χ0) is 16.2. The Morgan fingerprint density at radius 1 is 1.14 bits per heavy atom. The molecule has 112 valence electrons. The van der Waals surface area contributed by atoms with E-state index in [1.165, 1.54) is 12.1 Å². The Kier molecular flexibility index (Phi) is 4.47. The summed E-state index contributed by atoms with van der Waals surface area (Å²) in [5, 5.41) is 12.3. The van der Waals surface area contributed by atoms with Gasteiger partial charge < -0.3 is 5.84 Å². The first kappa shape index (κ1) is 15.6. The third kappa shape index (κ3) is 3.64. The van der Waals surface area contributed by atoms with Crippen molar-refractivity contribution in [1.29, 1.82) is 5.26 Å². The summed E-state index contributed by atoms with van der Waals surface area (Å²) in [5.74, 6) is 5.32. The Balaban J connectivity index is 2.27. The first-order chi connectivity index (χ1) is 10.4. The maximum atomic E-state index is 12.7. The zero-order valence-corrected chi connectivity index (χ0v) is 11.4. The third-order valence-corrected chi connectivity index (χ3v) is 3.13. The summed E-state index contributed by atoms with van der Waals surface area (Å²) in [6.45, 7) is 0. The van der Waals surface area contributed by atoms with E-state index in [0.29, 0.717) is 16.8 Å². The largest absolute Gasteiger partial charge is 0.416 e. The Morgan fingerprint density at radius 3 is 2.36 bits per heavy atom. The second kappa shape index (κ2) is 6.31. The minimum atomic E-state index is -4.41. The van der Waals surface area contributed by atoms with Crippen molar-refractivity contribution in [3.8, 4) is 6.07 Å². The van der Waals surface area contributed by atoms with E-state index in [-0.39, 0.29) is 6.42 Å². The van der Waals surface area contributed by atoms with Crippen LogP contribution in [0.2, 0.25) is 0 Å². The lowest BCUT2D eigenvalue weighted by Crippen LogP contribution is -2.11. The van der Waals surface area contributed by atoms with Crippen LogP contribution in [0, 0.1) is 11.3 Å². The van der Waals surface area contributed by atoms with Crippen molar-refractivity contribution in [2.24, 2.45) is 10.9 Å². The van der Waals surface area contributed by atoms with Gasteiger partial charge in [0.1, 0.15) is 0 Å². The molecule has 6 heteroatoms. The average molecular weight is 303 g/mol. The van der Waals surface area contributed by atoms with Crippen LogP contribution in [0.1, 0.15) is 22.3 Å². The minimum absolute atomic E-state index is 0.281. The maximum Gasteiger partial charge on any atom is 0.416 e. The van der Waals surface area contributed by atoms with Gasteiger partial charge in [0.05, 0.1) is 22.9 Å². The van der Waals surface area contributed by atoms with Crippen molar-refractivity contribution in [2.75, 3.05) is 0 Å². The van der Waals surface area contributed by atoms with Crippen molar-refractivity contribution >= 4 is 5.71 Å². The van der Waals surface area contributed by atoms with Gasteiger partial charge in [0.15, 0.2) is 0 Å². The quantitative estimate of drug-likeness (QED) is 0.536. The van der Waals surface area contributed by atoms with Gasteiger partial charge in [0.2, 0.25) is 0 Å². The molecule has 0 aromatic heterocycles. The lowest BCUT2D eigenvalue weighted by molar-refractivity contribution is -0.137. The molecule has 0 radical (unpaired) electrons. The Morgan fingerprint density at radius 2 is 1.82 bits per heavy atom. The first-order valence-corrected chi connectivity index (χ1v) is 6.37. The van der Waals surface area contributed by atoms with Gasteiger partial charge in [-0.15, -0.1) is 0 Å². The molecule has 0 fully saturated rings. The molecule has 0 unspecified atom stereocenters. The lowest BCUT2D eigenvalue weighted by atomic mass is 9.99. The van der Waals surface area contributed by atoms with Crippen molar-refractivity contribution in [1.82, 2.24) is 0 Å². The van der Waals surface area contributed by atoms with E-state index in [9.17, 15) is 13.2 Å². The number of nitrogens with zero attached hydrogens (tertiary/aromatic N) is 2. The zero-order valence-electron chi connectivity index (χ0n) is 11.4. The number of nitrogens with two attached hydrogens (primary N) is 1. The van der Waals surface area contributed by atoms with Crippen LogP contribution in [0.15, 0.2) is 53.6 Å². The molecule has 0 aliphatic heterocycles. The van der Waals surface area contributed by atoms with E-state index in [1.54, 1.807) is 24.3 Å². The molecule has 2 N–H and O–H groups in total. The summed E-state index contributed by atoms with van der Waals surface area (Å²) in [7, 11) is 0. The summed E-state index contributed by atoms with van der Waals surface area (Å²) in [6, 6.07) is 13.6. The molecule has 2 aromatic rings. The van der Waals surface area contributed by atoms with Gasteiger partial charge in [-0.05, 0) is 35.4 Å². The number of rotatable bonds is 3. The predicted molar refractivity (Wildman–Crippen MR) is 77.0 cm³/mol. The second-order valence-corrected chi connectivity index (χ2v) is 4.64. The summed E-state index contributed by atoms with van der Waals surface area (Å²) >= 11 is 0. The van der Waals surface area contributed by atoms with Gasteiger partial charge in [-0.3, -0.25) is 0 Å². The van der Waals surface area contributed by atoms with Gasteiger partial charge >= 0.3 is 6.18 Å². The van der Waals surface area contributed by atoms with E-state index in [2.05, 4.69) is 5.10 Å². The summed E-state index contributed by atoms with van der Waals surface area (Å²) in [6.07, 6.45) is -4.13. The fourth-order valence-electron chi connectivity index (χ4n) is 1.99. The third-order valence-electron chi connectivity index (χ3n) is 3.13. The molecule has 2 rings (SSSR count). The van der Waals surface area contributed by atoms with E-state index < -0.39 is 11.7 Å². The van der Waals surface area contributed by atoms with Crippen molar-refractivity contribution in [2.45, 2.75) is 12.6 Å². The monoisotopic (exact) mass is 303 g/mol. The molecular formula is C16H12F3N3. The molecule has 0 atom stereocenters. The highest BCUT2D eigenvalue weighted by molar-refractivity contribution is 6.01. The molecule has 3 nitrogen and oxygen atoms in total. The molecule has 0 bridgehead atoms. The molecule has 0 saturated heterocycles. The molecule has 0 aliphatic rings. The number of alkyl halides is 3. The molecular weight excluding hydrogens is 291 g/mol. The first-order valence-electron chi connectivity index (χ1n) is 6.37. The van der Waals surface area contributed by atoms with E-state index >= 15 is 0 Å². The fourth-order valence-corrected chi connectivity index (χ4v) is 1.99. The van der Waals surface area contributed by atoms with Gasteiger partial charge in [-0.1, -0.05) is 24.3 Å². The lowest BCUT2D eigenvalue weighted by Gasteiger charge is -2.10. The van der Waals surface area contributed by atoms with E-state index in [4.69, 9.17) is 11.1 Å². The van der Waals surface area contributed by atoms with Crippen LogP contribution in [-0.2, 0) is 12.6 Å². The summed E-state index contributed by atoms with van der Waals surface area (Å²) in [4.78, 5) is 0. The topological polar surface area (TPSA) is 62.2 Å². The van der Waals surface area contributed by atoms with Crippen molar-refractivity contribution < 1.29 is 13.2 Å². The molecule has 0 aliphatic carbocycles. The minimum Gasteiger partial charge on any atom is -0.323 e. The Bertz CT molecular complexity index is 726. The number of halogens is 3. The normalized spacial score (nSPS) is 12.0. The van der Waals surface area contributed by atoms with Crippen LogP contribution < -0.4 is 5.84 Å². The van der Waals surface area contributed by atoms with Crippen LogP contribution in [-0.4, -0.2) is 5.71 Å². The maximum absolute atomic E-state index is 12.7. The molecule has 0 spiro atoms. The number of nitriles is 1. The molecule has 22 heavy (non-hydrogen) atoms. The van der Waals surface area contributed by atoms with Crippen LogP contribution in [0.5, 0.6) is 0 Å². The SMILES string of the molecule is N#Cc1ccc(CC(=NN)c2cccc(C(F)(F)F)c2)cc1. The number of hydrogen-bond acceptors (Lipinski definition) is 3. The van der Waals surface area contributed by atoms with E-state index in [1.807, 2.05) is 6.07 Å². The number of benzene rings is 2. The highest BCUT2D eigenvalue weighted by Gasteiger charge is 2.30. The fraction of sp³-hybridized carbons (Fsp3) is 0.125. The molecule has 0 amide bonds. The Labute approximate surface area is 125 Å². The van der Waals surface area contributed by atoms with Crippen LogP contribution in [0.3, 0.4) is 0 Å². The molecule has 2 aromatic carbocycles. The average Bonchev–Trinajstić information content (AvgIpc) is 2.52. The van der Waals surface area contributed by atoms with Crippen molar-refractivity contribution in [3.05, 3.63) is 70.8 Å². The van der Waals surface area contributed by atoms with Gasteiger partial charge in [-0.25, -0.2) is 0 Å². The van der Waals surface area contributed by atoms with Crippen LogP contribution >= 0.6 is 0 Å². The molecule has 0 saturated carbocycles. The highest BCUT2D eigenvalue weighted by atomic mass is 19.4. The standard InChI is InChI=1S/C16H12F3N3/c17-16(18,19)14-3-1-2-13(9-14)15(22-21)8-11-4-6-12(10-20)7-5-11/h1-7,9H,8,21H2. The summed E-state index contributed by atoms with van der Waals surface area (Å²) < 4.78 is 38.2. The van der Waals surface area contributed by atoms with Gasteiger partial charge in [-0.2, -0.15) is 23.5 Å². The smallest absolute Gasteiger partial charge is 0.323 e. The molecule has 0 heterocycles. The van der Waals surface area contributed by atoms with Gasteiger partial charge in [0.25, 0.3) is 0 Å².